The molecule has 0 aromatic carbocycles. The Morgan fingerprint density at radius 1 is 1.05 bits per heavy atom. The van der Waals surface area contributed by atoms with Crippen molar-refractivity contribution in [2.45, 2.75) is 19.8 Å². The number of carbonyl (C=O) groups is 3. The number of hydrogen-bond acceptors (Lipinski definition) is 3. The summed E-state index contributed by atoms with van der Waals surface area (Å²) in [6.07, 6.45) is 1.44. The summed E-state index contributed by atoms with van der Waals surface area (Å²) in [5.41, 5.74) is 0. The predicted molar refractivity (Wildman–Crippen MR) is 81.9 cm³/mol. The van der Waals surface area contributed by atoms with Crippen LogP contribution in [-0.2, 0) is 14.4 Å². The van der Waals surface area contributed by atoms with E-state index in [4.69, 9.17) is 11.6 Å². The van der Waals surface area contributed by atoms with Crippen LogP contribution in [0.2, 0.25) is 0 Å². The van der Waals surface area contributed by atoms with Gasteiger partial charge >= 0.3 is 0 Å². The molecule has 0 fully saturated rings. The molecule has 3 amide bonds. The predicted octanol–water partition coefficient (Wildman–Crippen LogP) is 0.385. The fraction of sp³-hybridized carbons (Fsp3) is 0.750. The van der Waals surface area contributed by atoms with Gasteiger partial charge < -0.3 is 16.0 Å². The molecule has 0 spiro atoms. The van der Waals surface area contributed by atoms with Gasteiger partial charge in [-0.05, 0) is 12.8 Å². The molecule has 0 saturated carbocycles. The van der Waals surface area contributed by atoms with E-state index in [1.165, 1.54) is 0 Å². The van der Waals surface area contributed by atoms with E-state index in [0.29, 0.717) is 26.1 Å². The summed E-state index contributed by atoms with van der Waals surface area (Å²) in [5.74, 6) is -0.574. The van der Waals surface area contributed by atoms with E-state index in [9.17, 15) is 14.4 Å². The van der Waals surface area contributed by atoms with Crippen LogP contribution in [0.4, 0.5) is 0 Å². The molecule has 6 nitrogen and oxygen atoms in total. The number of amides is 3. The topological polar surface area (TPSA) is 87.3 Å². The molecule has 0 saturated heterocycles. The summed E-state index contributed by atoms with van der Waals surface area (Å²) in [6.45, 7) is 3.14. The summed E-state index contributed by atoms with van der Waals surface area (Å²) >= 11 is 8.37. The fourth-order valence-electron chi connectivity index (χ4n) is 1.42. The first-order valence-electron chi connectivity index (χ1n) is 6.44. The zero-order chi connectivity index (χ0) is 15.4. The van der Waals surface area contributed by atoms with Crippen molar-refractivity contribution in [3.63, 3.8) is 0 Å². The second kappa shape index (κ2) is 12.0. The highest BCUT2D eigenvalue weighted by atomic mass is 79.9. The van der Waals surface area contributed by atoms with E-state index in [1.807, 2.05) is 6.92 Å². The first-order valence-corrected chi connectivity index (χ1v) is 8.09. The molecular formula is C12H21BrClN3O3. The van der Waals surface area contributed by atoms with Gasteiger partial charge in [-0.25, -0.2) is 0 Å². The molecule has 1 atom stereocenters. The normalized spacial score (nSPS) is 11.6. The van der Waals surface area contributed by atoms with Crippen LogP contribution in [0.15, 0.2) is 0 Å². The van der Waals surface area contributed by atoms with Crippen molar-refractivity contribution in [3.8, 4) is 0 Å². The van der Waals surface area contributed by atoms with Crippen LogP contribution in [0.25, 0.3) is 0 Å². The average Bonchev–Trinajstić information content (AvgIpc) is 2.46. The minimum absolute atomic E-state index is 0.0582. The lowest BCUT2D eigenvalue weighted by Gasteiger charge is -2.12. The molecule has 0 aromatic rings. The molecule has 0 bridgehead atoms. The number of halogens is 2. The Morgan fingerprint density at radius 3 is 2.25 bits per heavy atom. The van der Waals surface area contributed by atoms with Gasteiger partial charge in [-0.15, -0.1) is 11.6 Å². The van der Waals surface area contributed by atoms with Crippen LogP contribution in [0.3, 0.4) is 0 Å². The summed E-state index contributed by atoms with van der Waals surface area (Å²) in [4.78, 5) is 33.5. The van der Waals surface area contributed by atoms with E-state index in [1.54, 1.807) is 0 Å². The molecule has 0 aromatic heterocycles. The summed E-state index contributed by atoms with van der Waals surface area (Å²) < 4.78 is 0. The molecular weight excluding hydrogens is 350 g/mol. The van der Waals surface area contributed by atoms with E-state index in [0.717, 1.165) is 6.42 Å². The van der Waals surface area contributed by atoms with Gasteiger partial charge in [0, 0.05) is 25.6 Å². The number of carbonyl (C=O) groups excluding carboxylic acids is 3. The highest BCUT2D eigenvalue weighted by molar-refractivity contribution is 9.09. The minimum atomic E-state index is -0.253. The van der Waals surface area contributed by atoms with Gasteiger partial charge in [0.05, 0.1) is 5.33 Å². The van der Waals surface area contributed by atoms with Crippen molar-refractivity contribution in [1.82, 2.24) is 16.0 Å². The van der Waals surface area contributed by atoms with Crippen molar-refractivity contribution in [2.75, 3.05) is 30.8 Å². The lowest BCUT2D eigenvalue weighted by Crippen LogP contribution is -2.37. The Kier molecular flexibility index (Phi) is 11.5. The fourth-order valence-corrected chi connectivity index (χ4v) is 1.72. The summed E-state index contributed by atoms with van der Waals surface area (Å²) in [5, 5.41) is 8.30. The van der Waals surface area contributed by atoms with Gasteiger partial charge in [-0.3, -0.25) is 14.4 Å². The molecule has 8 heteroatoms. The molecule has 0 radical (unpaired) electrons. The van der Waals surface area contributed by atoms with Crippen LogP contribution >= 0.6 is 27.5 Å². The standard InChI is InChI=1S/C12H21BrClN3O3/c1-9(3-2-4-15-10(18)7-13)12(20)17-6-5-16-11(19)8-14/h9H,2-8H2,1H3,(H,15,18)(H,16,19)(H,17,20)/t9-/m0/s1. The highest BCUT2D eigenvalue weighted by Crippen LogP contribution is 2.04. The molecule has 0 aliphatic carbocycles. The Labute approximate surface area is 132 Å². The zero-order valence-electron chi connectivity index (χ0n) is 11.5. The SMILES string of the molecule is C[C@@H](CCCNC(=O)CBr)C(=O)NCCNC(=O)CCl. The zero-order valence-corrected chi connectivity index (χ0v) is 13.8. The van der Waals surface area contributed by atoms with Gasteiger partial charge in [0.15, 0.2) is 0 Å². The molecule has 0 heterocycles. The third kappa shape index (κ3) is 10.0. The molecule has 116 valence electrons. The molecule has 0 aliphatic heterocycles. The number of hydrogen-bond donors (Lipinski definition) is 3. The first-order chi connectivity index (χ1) is 9.51. The lowest BCUT2D eigenvalue weighted by molar-refractivity contribution is -0.125. The van der Waals surface area contributed by atoms with E-state index in [-0.39, 0.29) is 34.8 Å². The van der Waals surface area contributed by atoms with Gasteiger partial charge in [-0.1, -0.05) is 22.9 Å². The molecule has 0 rings (SSSR count). The van der Waals surface area contributed by atoms with Crippen LogP contribution in [0, 0.1) is 5.92 Å². The van der Waals surface area contributed by atoms with Gasteiger partial charge in [0.25, 0.3) is 0 Å². The third-order valence-electron chi connectivity index (χ3n) is 2.57. The Bertz CT molecular complexity index is 329. The highest BCUT2D eigenvalue weighted by Gasteiger charge is 2.11. The van der Waals surface area contributed by atoms with Crippen LogP contribution < -0.4 is 16.0 Å². The van der Waals surface area contributed by atoms with Crippen LogP contribution in [0.1, 0.15) is 19.8 Å². The van der Waals surface area contributed by atoms with Crippen LogP contribution in [-0.4, -0.2) is 48.6 Å². The van der Waals surface area contributed by atoms with E-state index in [2.05, 4.69) is 31.9 Å². The van der Waals surface area contributed by atoms with Gasteiger partial charge in [-0.2, -0.15) is 0 Å². The van der Waals surface area contributed by atoms with Crippen molar-refractivity contribution < 1.29 is 14.4 Å². The molecule has 20 heavy (non-hydrogen) atoms. The largest absolute Gasteiger partial charge is 0.355 e. The monoisotopic (exact) mass is 369 g/mol. The Balaban J connectivity index is 3.61. The second-order valence-corrected chi connectivity index (χ2v) is 5.13. The molecule has 3 N–H and O–H groups in total. The maximum Gasteiger partial charge on any atom is 0.234 e. The van der Waals surface area contributed by atoms with Crippen LogP contribution in [0.5, 0.6) is 0 Å². The van der Waals surface area contributed by atoms with Gasteiger partial charge in [0.1, 0.15) is 5.88 Å². The second-order valence-electron chi connectivity index (χ2n) is 4.30. The van der Waals surface area contributed by atoms with E-state index < -0.39 is 0 Å². The number of alkyl halides is 2. The summed E-state index contributed by atoms with van der Waals surface area (Å²) in [6, 6.07) is 0. The quantitative estimate of drug-likeness (QED) is 0.384. The first kappa shape index (κ1) is 19.2. The van der Waals surface area contributed by atoms with Crippen molar-refractivity contribution in [2.24, 2.45) is 5.92 Å². The average molecular weight is 371 g/mol. The number of rotatable bonds is 10. The van der Waals surface area contributed by atoms with E-state index >= 15 is 0 Å². The summed E-state index contributed by atoms with van der Waals surface area (Å²) in [7, 11) is 0. The molecule has 0 unspecified atom stereocenters. The van der Waals surface area contributed by atoms with Crippen molar-refractivity contribution >= 4 is 45.3 Å². The molecule has 0 aliphatic rings. The Hall–Kier alpha value is -0.820. The minimum Gasteiger partial charge on any atom is -0.355 e. The maximum atomic E-state index is 11.7. The Morgan fingerprint density at radius 2 is 1.65 bits per heavy atom. The van der Waals surface area contributed by atoms with Crippen molar-refractivity contribution in [1.29, 1.82) is 0 Å². The maximum absolute atomic E-state index is 11.7. The van der Waals surface area contributed by atoms with Crippen molar-refractivity contribution in [3.05, 3.63) is 0 Å². The number of nitrogens with one attached hydrogen (secondary N) is 3. The lowest BCUT2D eigenvalue weighted by atomic mass is 10.0. The third-order valence-corrected chi connectivity index (χ3v) is 3.32. The smallest absolute Gasteiger partial charge is 0.234 e. The van der Waals surface area contributed by atoms with Gasteiger partial charge in [0.2, 0.25) is 17.7 Å².